The minimum atomic E-state index is -0.160. The fourth-order valence-electron chi connectivity index (χ4n) is 2.93. The van der Waals surface area contributed by atoms with E-state index in [1.165, 1.54) is 5.56 Å². The Bertz CT molecular complexity index is 641. The molecule has 1 aromatic carbocycles. The topological polar surface area (TPSA) is 86.3 Å². The molecule has 0 spiro atoms. The Labute approximate surface area is 198 Å². The first-order valence-electron chi connectivity index (χ1n) is 11.6. The van der Waals surface area contributed by atoms with Gasteiger partial charge in [0, 0.05) is 26.6 Å². The van der Waals surface area contributed by atoms with Gasteiger partial charge >= 0.3 is 0 Å². The number of amides is 2. The Balaban J connectivity index is 2.21. The highest BCUT2D eigenvalue weighted by Gasteiger charge is 2.16. The van der Waals surface area contributed by atoms with Crippen LogP contribution in [0.15, 0.2) is 43.0 Å². The van der Waals surface area contributed by atoms with Crippen molar-refractivity contribution in [3.63, 3.8) is 0 Å². The van der Waals surface area contributed by atoms with E-state index in [0.717, 1.165) is 12.8 Å². The van der Waals surface area contributed by atoms with Crippen molar-refractivity contribution in [2.45, 2.75) is 25.7 Å². The number of rotatable bonds is 21. The zero-order valence-electron chi connectivity index (χ0n) is 20.0. The van der Waals surface area contributed by atoms with E-state index < -0.39 is 0 Å². The standard InChI is InChI=1S/C25H40N2O6/c1-3-4-12-25(29)27(14-15-31-18-19-33-21-20-32-17-16-30-2)22-24(28)26-13-8-11-23-9-6-5-7-10-23/h3,5-7,9-10H,1,4,8,11-22H2,2H3,(H,26,28). The van der Waals surface area contributed by atoms with Crippen LogP contribution < -0.4 is 5.32 Å². The summed E-state index contributed by atoms with van der Waals surface area (Å²) in [5.74, 6) is -0.241. The smallest absolute Gasteiger partial charge is 0.239 e. The number of methoxy groups -OCH3 is 1. The van der Waals surface area contributed by atoms with Gasteiger partial charge in [0.05, 0.1) is 52.8 Å². The molecule has 8 nitrogen and oxygen atoms in total. The van der Waals surface area contributed by atoms with E-state index in [2.05, 4.69) is 24.0 Å². The number of ether oxygens (including phenoxy) is 4. The maximum atomic E-state index is 12.5. The summed E-state index contributed by atoms with van der Waals surface area (Å²) in [5.41, 5.74) is 1.24. The fourth-order valence-corrected chi connectivity index (χ4v) is 2.93. The molecule has 1 N–H and O–H groups in total. The second kappa shape index (κ2) is 20.4. The van der Waals surface area contributed by atoms with Gasteiger partial charge in [0.15, 0.2) is 0 Å². The molecule has 0 saturated carbocycles. The Morgan fingerprint density at radius 3 is 2.24 bits per heavy atom. The van der Waals surface area contributed by atoms with Crippen LogP contribution >= 0.6 is 0 Å². The molecule has 33 heavy (non-hydrogen) atoms. The molecule has 186 valence electrons. The highest BCUT2D eigenvalue weighted by Crippen LogP contribution is 2.02. The quantitative estimate of drug-likeness (QED) is 0.222. The second-order valence-corrected chi connectivity index (χ2v) is 7.41. The average Bonchev–Trinajstić information content (AvgIpc) is 2.83. The number of allylic oxidation sites excluding steroid dienone is 1. The molecule has 0 fully saturated rings. The molecule has 0 saturated heterocycles. The van der Waals surface area contributed by atoms with Gasteiger partial charge in [0.1, 0.15) is 0 Å². The van der Waals surface area contributed by atoms with Gasteiger partial charge in [-0.25, -0.2) is 0 Å². The molecule has 0 atom stereocenters. The van der Waals surface area contributed by atoms with Crippen LogP contribution in [-0.2, 0) is 35.0 Å². The van der Waals surface area contributed by atoms with Crippen LogP contribution in [0, 0.1) is 0 Å². The summed E-state index contributed by atoms with van der Waals surface area (Å²) in [5, 5.41) is 2.90. The minimum absolute atomic E-state index is 0.0278. The van der Waals surface area contributed by atoms with Crippen molar-refractivity contribution in [3.05, 3.63) is 48.6 Å². The third-order valence-corrected chi connectivity index (χ3v) is 4.74. The number of nitrogens with zero attached hydrogens (tertiary/aromatic N) is 1. The number of hydrogen-bond donors (Lipinski definition) is 1. The van der Waals surface area contributed by atoms with E-state index in [1.807, 2.05) is 18.2 Å². The third-order valence-electron chi connectivity index (χ3n) is 4.74. The van der Waals surface area contributed by atoms with Crippen molar-refractivity contribution >= 4 is 11.8 Å². The van der Waals surface area contributed by atoms with Gasteiger partial charge in [0.2, 0.25) is 11.8 Å². The van der Waals surface area contributed by atoms with Gasteiger partial charge in [-0.05, 0) is 24.8 Å². The zero-order valence-corrected chi connectivity index (χ0v) is 20.0. The van der Waals surface area contributed by atoms with Crippen molar-refractivity contribution in [2.24, 2.45) is 0 Å². The summed E-state index contributed by atoms with van der Waals surface area (Å²) < 4.78 is 21.2. The highest BCUT2D eigenvalue weighted by atomic mass is 16.6. The molecule has 0 aliphatic rings. The van der Waals surface area contributed by atoms with Gasteiger partial charge in [0.25, 0.3) is 0 Å². The summed E-state index contributed by atoms with van der Waals surface area (Å²) >= 11 is 0. The predicted octanol–water partition coefficient (Wildman–Crippen LogP) is 2.23. The molecule has 0 heterocycles. The molecule has 8 heteroatoms. The lowest BCUT2D eigenvalue weighted by atomic mass is 10.1. The van der Waals surface area contributed by atoms with Crippen molar-refractivity contribution in [1.82, 2.24) is 10.2 Å². The van der Waals surface area contributed by atoms with Gasteiger partial charge in [-0.2, -0.15) is 0 Å². The van der Waals surface area contributed by atoms with Crippen LogP contribution in [0.5, 0.6) is 0 Å². The summed E-state index contributed by atoms with van der Waals surface area (Å²) in [4.78, 5) is 26.3. The lowest BCUT2D eigenvalue weighted by molar-refractivity contribution is -0.136. The number of carbonyl (C=O) groups is 2. The number of hydrogen-bond acceptors (Lipinski definition) is 6. The van der Waals surface area contributed by atoms with E-state index in [-0.39, 0.29) is 18.4 Å². The van der Waals surface area contributed by atoms with E-state index in [9.17, 15) is 9.59 Å². The largest absolute Gasteiger partial charge is 0.382 e. The van der Waals surface area contributed by atoms with Crippen molar-refractivity contribution < 1.29 is 28.5 Å². The van der Waals surface area contributed by atoms with Crippen LogP contribution in [0.4, 0.5) is 0 Å². The van der Waals surface area contributed by atoms with Crippen LogP contribution in [0.3, 0.4) is 0 Å². The molecule has 0 radical (unpaired) electrons. The predicted molar refractivity (Wildman–Crippen MR) is 128 cm³/mol. The molecule has 1 rings (SSSR count). The summed E-state index contributed by atoms with van der Waals surface area (Å²) in [6.07, 6.45) is 4.36. The number of benzene rings is 1. The van der Waals surface area contributed by atoms with Crippen LogP contribution in [0.25, 0.3) is 0 Å². The summed E-state index contributed by atoms with van der Waals surface area (Å²) in [6.45, 7) is 7.93. The van der Waals surface area contributed by atoms with Crippen LogP contribution in [0.2, 0.25) is 0 Å². The Morgan fingerprint density at radius 2 is 1.61 bits per heavy atom. The maximum absolute atomic E-state index is 12.5. The highest BCUT2D eigenvalue weighted by molar-refractivity contribution is 5.84. The number of carbonyl (C=O) groups excluding carboxylic acids is 2. The SMILES string of the molecule is C=CCCC(=O)N(CCOCCOCCOCCOC)CC(=O)NCCCc1ccccc1. The van der Waals surface area contributed by atoms with Gasteiger partial charge in [-0.3, -0.25) is 9.59 Å². The molecule has 0 aliphatic carbocycles. The molecule has 0 aliphatic heterocycles. The summed E-state index contributed by atoms with van der Waals surface area (Å²) in [6, 6.07) is 10.1. The average molecular weight is 465 g/mol. The van der Waals surface area contributed by atoms with Crippen molar-refractivity contribution in [1.29, 1.82) is 0 Å². The van der Waals surface area contributed by atoms with E-state index in [1.54, 1.807) is 18.1 Å². The molecule has 0 unspecified atom stereocenters. The van der Waals surface area contributed by atoms with Crippen molar-refractivity contribution in [3.8, 4) is 0 Å². The number of nitrogens with one attached hydrogen (secondary N) is 1. The Morgan fingerprint density at radius 1 is 0.970 bits per heavy atom. The van der Waals surface area contributed by atoms with Crippen LogP contribution in [0.1, 0.15) is 24.8 Å². The number of aryl methyl sites for hydroxylation is 1. The molecular weight excluding hydrogens is 424 g/mol. The Hall–Kier alpha value is -2.26. The van der Waals surface area contributed by atoms with E-state index in [4.69, 9.17) is 18.9 Å². The lowest BCUT2D eigenvalue weighted by Gasteiger charge is -2.22. The first-order chi connectivity index (χ1) is 16.2. The second-order valence-electron chi connectivity index (χ2n) is 7.41. The summed E-state index contributed by atoms with van der Waals surface area (Å²) in [7, 11) is 1.63. The maximum Gasteiger partial charge on any atom is 0.239 e. The minimum Gasteiger partial charge on any atom is -0.382 e. The normalized spacial score (nSPS) is 10.7. The molecule has 0 aromatic heterocycles. The first-order valence-corrected chi connectivity index (χ1v) is 11.6. The van der Waals surface area contributed by atoms with Gasteiger partial charge in [-0.15, -0.1) is 6.58 Å². The Kier molecular flexibility index (Phi) is 17.7. The van der Waals surface area contributed by atoms with E-state index >= 15 is 0 Å². The van der Waals surface area contributed by atoms with E-state index in [0.29, 0.717) is 72.2 Å². The molecule has 2 amide bonds. The monoisotopic (exact) mass is 464 g/mol. The molecule has 1 aromatic rings. The first kappa shape index (κ1) is 28.8. The third kappa shape index (κ3) is 16.1. The van der Waals surface area contributed by atoms with Gasteiger partial charge < -0.3 is 29.2 Å². The molecule has 0 bridgehead atoms. The lowest BCUT2D eigenvalue weighted by Crippen LogP contribution is -2.42. The zero-order chi connectivity index (χ0) is 24.0. The molecular formula is C25H40N2O6. The van der Waals surface area contributed by atoms with Crippen molar-refractivity contribution in [2.75, 3.05) is 73.0 Å². The van der Waals surface area contributed by atoms with Gasteiger partial charge in [-0.1, -0.05) is 36.4 Å². The fraction of sp³-hybridized carbons (Fsp3) is 0.600. The van der Waals surface area contributed by atoms with Crippen LogP contribution in [-0.4, -0.2) is 89.7 Å².